The number of benzene rings is 8. The number of aryl methyl sites for hydroxylation is 4. The Bertz CT molecular complexity index is 2870. The van der Waals surface area contributed by atoms with Crippen LogP contribution in [0.15, 0.2) is 121 Å². The molecule has 0 aliphatic rings. The summed E-state index contributed by atoms with van der Waals surface area (Å²) in [5.41, 5.74) is 17.9. The SMILES string of the molecule is Cc1cc(-c2ccc(O)c(C)c2C)ccc1OC(Oc1ccc(-c2ccc(O)c(C)c2C)cc1C)(Oc1ccc(-c2ccc(O)c(C)c2C)cc1C)Oc1ccc(-c2ccc(O)c(C)c2C)cc1C. The average molecular weight is 921 g/mol. The molecule has 8 aromatic rings. The van der Waals surface area contributed by atoms with E-state index in [4.69, 9.17) is 18.9 Å². The van der Waals surface area contributed by atoms with Crippen molar-refractivity contribution in [2.75, 3.05) is 0 Å². The van der Waals surface area contributed by atoms with Crippen molar-refractivity contribution in [3.8, 4) is 90.5 Å². The van der Waals surface area contributed by atoms with Gasteiger partial charge >= 0.3 is 6.16 Å². The smallest absolute Gasteiger partial charge is 0.508 e. The first-order valence-electron chi connectivity index (χ1n) is 23.1. The molecule has 0 amide bonds. The zero-order chi connectivity index (χ0) is 49.6. The second kappa shape index (κ2) is 18.7. The Kier molecular flexibility index (Phi) is 12.9. The molecule has 0 spiro atoms. The van der Waals surface area contributed by atoms with Crippen molar-refractivity contribution < 1.29 is 39.4 Å². The van der Waals surface area contributed by atoms with Gasteiger partial charge in [-0.05, 0) is 267 Å². The third kappa shape index (κ3) is 9.27. The lowest BCUT2D eigenvalue weighted by Crippen LogP contribution is -2.54. The lowest BCUT2D eigenvalue weighted by atomic mass is 9.95. The van der Waals surface area contributed by atoms with Gasteiger partial charge in [0.1, 0.15) is 46.0 Å². The number of phenolic OH excluding ortho intramolecular Hbond substituents is 4. The summed E-state index contributed by atoms with van der Waals surface area (Å²) in [5, 5.41) is 41.8. The molecule has 0 fully saturated rings. The van der Waals surface area contributed by atoms with Crippen molar-refractivity contribution in [2.24, 2.45) is 0 Å². The van der Waals surface area contributed by atoms with Crippen molar-refractivity contribution in [3.05, 3.63) is 188 Å². The van der Waals surface area contributed by atoms with Crippen molar-refractivity contribution in [2.45, 2.75) is 89.2 Å². The van der Waals surface area contributed by atoms with Crippen LogP contribution in [-0.2, 0) is 0 Å². The summed E-state index contributed by atoms with van der Waals surface area (Å²) in [6.45, 7) is 23.4. The summed E-state index contributed by atoms with van der Waals surface area (Å²) in [4.78, 5) is 0. The van der Waals surface area contributed by atoms with Gasteiger partial charge in [0.25, 0.3) is 0 Å². The van der Waals surface area contributed by atoms with Crippen LogP contribution < -0.4 is 18.9 Å². The van der Waals surface area contributed by atoms with Crippen LogP contribution in [0.3, 0.4) is 0 Å². The van der Waals surface area contributed by atoms with Crippen molar-refractivity contribution >= 4 is 0 Å². The third-order valence-corrected chi connectivity index (χ3v) is 13.9. The summed E-state index contributed by atoms with van der Waals surface area (Å²) < 4.78 is 28.3. The number of hydrogen-bond donors (Lipinski definition) is 4. The van der Waals surface area contributed by atoms with Gasteiger partial charge in [0.15, 0.2) is 0 Å². The van der Waals surface area contributed by atoms with Gasteiger partial charge < -0.3 is 39.4 Å². The molecule has 8 rings (SSSR count). The van der Waals surface area contributed by atoms with E-state index in [0.717, 1.165) is 111 Å². The standard InChI is InChI=1S/C61H60O8/c1-33-29-45(49-17-21-53(62)41(9)37(49)5)13-25-57(33)66-61(67-58-26-14-46(30-34(58)2)50-18-22-54(63)42(10)38(50)6,68-59-27-15-47(31-35(59)3)51-19-23-55(64)43(11)39(51)7)69-60-28-16-48(32-36(60)4)52-20-24-56(65)44(12)40(52)8/h13-32,62-65H,1-12H3. The molecular formula is C61H60O8. The topological polar surface area (TPSA) is 118 Å². The summed E-state index contributed by atoms with van der Waals surface area (Å²) in [7, 11) is 0. The Labute approximate surface area is 405 Å². The molecule has 0 aliphatic heterocycles. The van der Waals surface area contributed by atoms with Crippen LogP contribution in [0.4, 0.5) is 0 Å². The fourth-order valence-corrected chi connectivity index (χ4v) is 8.87. The summed E-state index contributed by atoms with van der Waals surface area (Å²) in [5.74, 6) is 2.72. The molecule has 69 heavy (non-hydrogen) atoms. The predicted octanol–water partition coefficient (Wildman–Crippen LogP) is 15.1. The molecule has 0 radical (unpaired) electrons. The molecule has 0 unspecified atom stereocenters. The molecule has 0 aromatic heterocycles. The van der Waals surface area contributed by atoms with Crippen molar-refractivity contribution in [3.63, 3.8) is 0 Å². The minimum atomic E-state index is -2.29. The van der Waals surface area contributed by atoms with E-state index in [1.165, 1.54) is 0 Å². The lowest BCUT2D eigenvalue weighted by molar-refractivity contribution is -0.367. The molecule has 0 bridgehead atoms. The largest absolute Gasteiger partial charge is 0.611 e. The number of ether oxygens (including phenoxy) is 4. The zero-order valence-electron chi connectivity index (χ0n) is 41.5. The maximum Gasteiger partial charge on any atom is 0.611 e. The second-order valence-electron chi connectivity index (χ2n) is 18.4. The summed E-state index contributed by atoms with van der Waals surface area (Å²) in [6, 6.07) is 38.0. The highest BCUT2D eigenvalue weighted by Gasteiger charge is 2.45. The van der Waals surface area contributed by atoms with E-state index in [2.05, 4.69) is 0 Å². The molecule has 352 valence electrons. The zero-order valence-corrected chi connectivity index (χ0v) is 41.5. The summed E-state index contributed by atoms with van der Waals surface area (Å²) in [6.07, 6.45) is -2.29. The first-order valence-corrected chi connectivity index (χ1v) is 23.1. The maximum atomic E-state index is 10.4. The predicted molar refractivity (Wildman–Crippen MR) is 276 cm³/mol. The van der Waals surface area contributed by atoms with E-state index in [1.807, 2.05) is 180 Å². The highest BCUT2D eigenvalue weighted by Crippen LogP contribution is 2.41. The monoisotopic (exact) mass is 920 g/mol. The molecule has 8 heteroatoms. The van der Waals surface area contributed by atoms with E-state index in [9.17, 15) is 20.4 Å². The maximum absolute atomic E-state index is 10.4. The Morgan fingerprint density at radius 2 is 0.464 bits per heavy atom. The van der Waals surface area contributed by atoms with Crippen LogP contribution in [0.1, 0.15) is 66.8 Å². The summed E-state index contributed by atoms with van der Waals surface area (Å²) >= 11 is 0. The van der Waals surface area contributed by atoms with E-state index in [-0.39, 0.29) is 23.0 Å². The van der Waals surface area contributed by atoms with E-state index < -0.39 is 6.16 Å². The fourth-order valence-electron chi connectivity index (χ4n) is 8.87. The highest BCUT2D eigenvalue weighted by atomic mass is 17.0. The van der Waals surface area contributed by atoms with Crippen LogP contribution in [0, 0.1) is 83.1 Å². The van der Waals surface area contributed by atoms with E-state index in [1.54, 1.807) is 24.3 Å². The second-order valence-corrected chi connectivity index (χ2v) is 18.4. The van der Waals surface area contributed by atoms with E-state index in [0.29, 0.717) is 23.0 Å². The first-order chi connectivity index (χ1) is 32.7. The Hall–Kier alpha value is -7.84. The van der Waals surface area contributed by atoms with Crippen molar-refractivity contribution in [1.82, 2.24) is 0 Å². The molecule has 4 N–H and O–H groups in total. The van der Waals surface area contributed by atoms with Gasteiger partial charge in [-0.25, -0.2) is 0 Å². The minimum Gasteiger partial charge on any atom is -0.508 e. The van der Waals surface area contributed by atoms with Crippen LogP contribution in [-0.4, -0.2) is 26.6 Å². The third-order valence-electron chi connectivity index (χ3n) is 13.9. The quantitative estimate of drug-likeness (QED) is 0.0895. The first kappa shape index (κ1) is 47.6. The molecule has 0 atom stereocenters. The molecule has 0 saturated heterocycles. The van der Waals surface area contributed by atoms with Gasteiger partial charge in [0.2, 0.25) is 0 Å². The van der Waals surface area contributed by atoms with Crippen LogP contribution in [0.2, 0.25) is 0 Å². The van der Waals surface area contributed by atoms with Gasteiger partial charge in [-0.2, -0.15) is 0 Å². The number of phenols is 4. The van der Waals surface area contributed by atoms with Gasteiger partial charge in [0, 0.05) is 0 Å². The van der Waals surface area contributed by atoms with Gasteiger partial charge in [-0.3, -0.25) is 0 Å². The fraction of sp³-hybridized carbons (Fsp3) is 0.213. The number of hydrogen-bond acceptors (Lipinski definition) is 8. The Morgan fingerprint density at radius 1 is 0.261 bits per heavy atom. The minimum absolute atomic E-state index is 0.245. The molecule has 0 heterocycles. The van der Waals surface area contributed by atoms with E-state index >= 15 is 0 Å². The Balaban J connectivity index is 1.29. The molecule has 8 aromatic carbocycles. The van der Waals surface area contributed by atoms with Crippen LogP contribution in [0.5, 0.6) is 46.0 Å². The highest BCUT2D eigenvalue weighted by molar-refractivity contribution is 5.75. The average Bonchev–Trinajstić information content (AvgIpc) is 3.31. The van der Waals surface area contributed by atoms with Gasteiger partial charge in [0.05, 0.1) is 0 Å². The number of aromatic hydroxyl groups is 4. The molecule has 0 saturated carbocycles. The number of rotatable bonds is 12. The van der Waals surface area contributed by atoms with Crippen LogP contribution in [0.25, 0.3) is 44.5 Å². The lowest BCUT2D eigenvalue weighted by Gasteiger charge is -2.34. The van der Waals surface area contributed by atoms with Crippen LogP contribution >= 0.6 is 0 Å². The molecular weight excluding hydrogens is 861 g/mol. The normalized spacial score (nSPS) is 11.4. The molecule has 8 nitrogen and oxygen atoms in total. The van der Waals surface area contributed by atoms with Gasteiger partial charge in [-0.1, -0.05) is 48.5 Å². The van der Waals surface area contributed by atoms with Gasteiger partial charge in [-0.15, -0.1) is 0 Å². The Morgan fingerprint density at radius 3 is 0.652 bits per heavy atom. The van der Waals surface area contributed by atoms with Crippen molar-refractivity contribution in [1.29, 1.82) is 0 Å². The molecule has 0 aliphatic carbocycles.